The Morgan fingerprint density at radius 1 is 1.16 bits per heavy atom. The molecule has 3 rings (SSSR count). The third kappa shape index (κ3) is 5.63. The number of rotatable bonds is 9. The third-order valence-electron chi connectivity index (χ3n) is 6.95. The molecular weight excluding hydrogens is 392 g/mol. The zero-order valence-corrected chi connectivity index (χ0v) is 19.6. The Labute approximate surface area is 186 Å². The van der Waals surface area contributed by atoms with Gasteiger partial charge in [-0.25, -0.2) is 0 Å². The zero-order valence-electron chi connectivity index (χ0n) is 19.6. The summed E-state index contributed by atoms with van der Waals surface area (Å²) in [5.41, 5.74) is 2.82. The molecule has 1 aromatic carbocycles. The van der Waals surface area contributed by atoms with Gasteiger partial charge in [0.2, 0.25) is 5.91 Å². The molecule has 1 amide bonds. The number of ether oxygens (including phenoxy) is 2. The van der Waals surface area contributed by atoms with Crippen LogP contribution in [-0.2, 0) is 17.8 Å². The van der Waals surface area contributed by atoms with Crippen LogP contribution in [0.4, 0.5) is 0 Å². The summed E-state index contributed by atoms with van der Waals surface area (Å²) in [7, 11) is 5.09. The van der Waals surface area contributed by atoms with E-state index in [1.165, 1.54) is 31.2 Å². The van der Waals surface area contributed by atoms with Crippen LogP contribution in [0.15, 0.2) is 17.1 Å². The number of methoxy groups -OCH3 is 2. The predicted octanol–water partition coefficient (Wildman–Crippen LogP) is 3.11. The Balaban J connectivity index is 1.42. The first kappa shape index (κ1) is 23.2. The van der Waals surface area contributed by atoms with Crippen LogP contribution in [0.5, 0.6) is 11.5 Å². The van der Waals surface area contributed by atoms with Gasteiger partial charge in [-0.05, 0) is 60.8 Å². The summed E-state index contributed by atoms with van der Waals surface area (Å²) in [6.45, 7) is 5.36. The second-order valence-corrected chi connectivity index (χ2v) is 8.70. The summed E-state index contributed by atoms with van der Waals surface area (Å²) in [5, 5.41) is 6.82. The molecule has 7 nitrogen and oxygen atoms in total. The van der Waals surface area contributed by atoms with Crippen LogP contribution in [0.2, 0.25) is 0 Å². The number of benzene rings is 1. The number of carbonyl (C=O) groups is 1. The van der Waals surface area contributed by atoms with Gasteiger partial charge in [-0.2, -0.15) is 0 Å². The van der Waals surface area contributed by atoms with Gasteiger partial charge in [-0.15, -0.1) is 0 Å². The van der Waals surface area contributed by atoms with Crippen molar-refractivity contribution in [2.45, 2.75) is 58.4 Å². The average Bonchev–Trinajstić information content (AvgIpc) is 2.78. The monoisotopic (exact) mass is 430 g/mol. The lowest BCUT2D eigenvalue weighted by Gasteiger charge is -2.41. The molecule has 0 unspecified atom stereocenters. The van der Waals surface area contributed by atoms with Gasteiger partial charge < -0.3 is 25.0 Å². The lowest BCUT2D eigenvalue weighted by atomic mass is 9.67. The van der Waals surface area contributed by atoms with Crippen molar-refractivity contribution in [2.75, 3.05) is 40.9 Å². The molecule has 1 aliphatic carbocycles. The van der Waals surface area contributed by atoms with E-state index in [1.807, 2.05) is 17.0 Å². The summed E-state index contributed by atoms with van der Waals surface area (Å²) in [5.74, 6) is 2.49. The number of hydrogen-bond donors (Lipinski definition) is 2. The average molecular weight is 431 g/mol. The fourth-order valence-electron chi connectivity index (χ4n) is 4.52. The van der Waals surface area contributed by atoms with Gasteiger partial charge in [0.15, 0.2) is 17.5 Å². The van der Waals surface area contributed by atoms with Crippen molar-refractivity contribution in [1.82, 2.24) is 15.5 Å². The van der Waals surface area contributed by atoms with Gasteiger partial charge in [-0.3, -0.25) is 9.79 Å². The molecule has 1 fully saturated rings. The molecule has 0 spiro atoms. The fourth-order valence-corrected chi connectivity index (χ4v) is 4.52. The summed E-state index contributed by atoms with van der Waals surface area (Å²) < 4.78 is 10.8. The maximum atomic E-state index is 12.7. The van der Waals surface area contributed by atoms with Gasteiger partial charge >= 0.3 is 0 Å². The number of amides is 1. The quantitative estimate of drug-likeness (QED) is 0.358. The minimum Gasteiger partial charge on any atom is -0.493 e. The number of nitrogens with one attached hydrogen (secondary N) is 2. The van der Waals surface area contributed by atoms with Gasteiger partial charge in [-0.1, -0.05) is 13.3 Å². The Kier molecular flexibility index (Phi) is 8.04. The van der Waals surface area contributed by atoms with E-state index in [0.717, 1.165) is 49.7 Å². The maximum Gasteiger partial charge on any atom is 0.222 e. The molecule has 1 heterocycles. The van der Waals surface area contributed by atoms with E-state index in [2.05, 4.69) is 22.5 Å². The van der Waals surface area contributed by atoms with Crippen LogP contribution in [-0.4, -0.2) is 57.7 Å². The smallest absolute Gasteiger partial charge is 0.222 e. The number of hydrogen-bond acceptors (Lipinski definition) is 4. The summed E-state index contributed by atoms with van der Waals surface area (Å²) >= 11 is 0. The fraction of sp³-hybridized carbons (Fsp3) is 0.667. The number of aliphatic imine (C=N–C) groups is 1. The standard InChI is InChI=1S/C24H38N4O3/c1-5-24(10-7-11-24)17-27-23(25-2)26-12-6-8-22(29)28-13-9-18-14-20(30-3)21(31-4)15-19(18)16-28/h14-15H,5-13,16-17H2,1-4H3,(H2,25,26,27). The van der Waals surface area contributed by atoms with Crippen LogP contribution in [0.25, 0.3) is 0 Å². The van der Waals surface area contributed by atoms with Crippen LogP contribution in [0, 0.1) is 5.41 Å². The van der Waals surface area contributed by atoms with E-state index < -0.39 is 0 Å². The number of fused-ring (bicyclic) bond motifs is 1. The molecule has 0 aromatic heterocycles. The topological polar surface area (TPSA) is 75.2 Å². The molecule has 172 valence electrons. The van der Waals surface area contributed by atoms with E-state index >= 15 is 0 Å². The highest BCUT2D eigenvalue weighted by Crippen LogP contribution is 2.43. The SMILES string of the molecule is CCC1(CNC(=NC)NCCCC(=O)N2CCc3cc(OC)c(OC)cc3C2)CCC1. The van der Waals surface area contributed by atoms with E-state index in [1.54, 1.807) is 21.3 Å². The highest BCUT2D eigenvalue weighted by atomic mass is 16.5. The predicted molar refractivity (Wildman–Crippen MR) is 124 cm³/mol. The van der Waals surface area contributed by atoms with Gasteiger partial charge in [0.05, 0.1) is 14.2 Å². The van der Waals surface area contributed by atoms with Crippen LogP contribution in [0.1, 0.15) is 56.6 Å². The van der Waals surface area contributed by atoms with E-state index in [9.17, 15) is 4.79 Å². The molecular formula is C24H38N4O3. The summed E-state index contributed by atoms with van der Waals surface area (Å²) in [6, 6.07) is 4.03. The van der Waals surface area contributed by atoms with Crippen LogP contribution in [0.3, 0.4) is 0 Å². The van der Waals surface area contributed by atoms with Gasteiger partial charge in [0, 0.05) is 39.6 Å². The van der Waals surface area contributed by atoms with Gasteiger partial charge in [0.25, 0.3) is 0 Å². The van der Waals surface area contributed by atoms with E-state index in [0.29, 0.717) is 24.1 Å². The number of carbonyl (C=O) groups excluding carboxylic acids is 1. The van der Waals surface area contributed by atoms with Crippen molar-refractivity contribution >= 4 is 11.9 Å². The summed E-state index contributed by atoms with van der Waals surface area (Å²) in [4.78, 5) is 19.0. The lowest BCUT2D eigenvalue weighted by molar-refractivity contribution is -0.132. The number of nitrogens with zero attached hydrogens (tertiary/aromatic N) is 2. The molecule has 1 aliphatic heterocycles. The normalized spacial score (nSPS) is 17.4. The molecule has 0 atom stereocenters. The first-order chi connectivity index (χ1) is 15.0. The molecule has 31 heavy (non-hydrogen) atoms. The Morgan fingerprint density at radius 2 is 1.87 bits per heavy atom. The second kappa shape index (κ2) is 10.7. The molecule has 1 aromatic rings. The van der Waals surface area contributed by atoms with Crippen molar-refractivity contribution in [3.8, 4) is 11.5 Å². The van der Waals surface area contributed by atoms with E-state index in [-0.39, 0.29) is 5.91 Å². The third-order valence-corrected chi connectivity index (χ3v) is 6.95. The Morgan fingerprint density at radius 3 is 2.45 bits per heavy atom. The first-order valence-corrected chi connectivity index (χ1v) is 11.5. The highest BCUT2D eigenvalue weighted by Gasteiger charge is 2.34. The lowest BCUT2D eigenvalue weighted by Crippen LogP contribution is -2.46. The second-order valence-electron chi connectivity index (χ2n) is 8.70. The van der Waals surface area contributed by atoms with Gasteiger partial charge in [0.1, 0.15) is 0 Å². The summed E-state index contributed by atoms with van der Waals surface area (Å²) in [6.07, 6.45) is 7.32. The van der Waals surface area contributed by atoms with Crippen LogP contribution >= 0.6 is 0 Å². The van der Waals surface area contributed by atoms with Crippen molar-refractivity contribution < 1.29 is 14.3 Å². The van der Waals surface area contributed by atoms with Crippen LogP contribution < -0.4 is 20.1 Å². The molecule has 1 saturated carbocycles. The zero-order chi connectivity index (χ0) is 22.3. The van der Waals surface area contributed by atoms with Crippen molar-refractivity contribution in [1.29, 1.82) is 0 Å². The first-order valence-electron chi connectivity index (χ1n) is 11.5. The molecule has 2 aliphatic rings. The van der Waals surface area contributed by atoms with Crippen molar-refractivity contribution in [2.24, 2.45) is 10.4 Å². The maximum absolute atomic E-state index is 12.7. The Hall–Kier alpha value is -2.44. The number of guanidine groups is 1. The minimum absolute atomic E-state index is 0.199. The molecule has 7 heteroatoms. The molecule has 0 saturated heterocycles. The molecule has 2 N–H and O–H groups in total. The minimum atomic E-state index is 0.199. The molecule has 0 bridgehead atoms. The highest BCUT2D eigenvalue weighted by molar-refractivity contribution is 5.80. The van der Waals surface area contributed by atoms with Crippen molar-refractivity contribution in [3.05, 3.63) is 23.3 Å². The largest absolute Gasteiger partial charge is 0.493 e. The molecule has 0 radical (unpaired) electrons. The van der Waals surface area contributed by atoms with E-state index in [4.69, 9.17) is 9.47 Å². The van der Waals surface area contributed by atoms with Crippen molar-refractivity contribution in [3.63, 3.8) is 0 Å². The Bertz CT molecular complexity index is 784.